The molecule has 0 heterocycles. The third-order valence-corrected chi connectivity index (χ3v) is 3.54. The summed E-state index contributed by atoms with van der Waals surface area (Å²) in [4.78, 5) is 0. The number of rotatable bonds is 8. The lowest BCUT2D eigenvalue weighted by Gasteiger charge is -2.17. The summed E-state index contributed by atoms with van der Waals surface area (Å²) in [7, 11) is -2.45. The Bertz CT molecular complexity index is 306. The van der Waals surface area contributed by atoms with Crippen molar-refractivity contribution in [3.05, 3.63) is 0 Å². The molecule has 0 aliphatic carbocycles. The average Bonchev–Trinajstić information content (AvgIpc) is 2.19. The molecule has 0 aromatic carbocycles. The van der Waals surface area contributed by atoms with Crippen LogP contribution < -0.4 is 4.72 Å². The molecular weight excluding hydrogens is 261 g/mol. The van der Waals surface area contributed by atoms with Gasteiger partial charge in [0, 0.05) is 33.2 Å². The van der Waals surface area contributed by atoms with Crippen molar-refractivity contribution in [1.82, 2.24) is 9.03 Å². The summed E-state index contributed by atoms with van der Waals surface area (Å²) in [5.74, 6) is 0. The Morgan fingerprint density at radius 2 is 1.88 bits per heavy atom. The van der Waals surface area contributed by atoms with Crippen molar-refractivity contribution in [1.29, 1.82) is 0 Å². The number of alkyl halides is 3. The largest absolute Gasteiger partial charge is 0.396 e. The van der Waals surface area contributed by atoms with E-state index in [-0.39, 0.29) is 32.5 Å². The number of nitrogens with one attached hydrogen (secondary N) is 1. The molecule has 17 heavy (non-hydrogen) atoms. The van der Waals surface area contributed by atoms with Crippen molar-refractivity contribution in [2.75, 3.05) is 26.7 Å². The van der Waals surface area contributed by atoms with E-state index in [0.717, 1.165) is 4.31 Å². The first kappa shape index (κ1) is 16.6. The maximum absolute atomic E-state index is 11.8. The molecule has 0 aromatic rings. The van der Waals surface area contributed by atoms with E-state index in [9.17, 15) is 21.6 Å². The highest BCUT2D eigenvalue weighted by Crippen LogP contribution is 2.20. The molecule has 0 rings (SSSR count). The normalized spacial score (nSPS) is 13.3. The van der Waals surface area contributed by atoms with Crippen molar-refractivity contribution in [2.45, 2.75) is 25.4 Å². The van der Waals surface area contributed by atoms with E-state index in [1.54, 1.807) is 0 Å². The van der Waals surface area contributed by atoms with Crippen LogP contribution in [0.2, 0.25) is 0 Å². The summed E-state index contributed by atoms with van der Waals surface area (Å²) < 4.78 is 61.2. The van der Waals surface area contributed by atoms with Gasteiger partial charge in [0.25, 0.3) is 10.2 Å². The summed E-state index contributed by atoms with van der Waals surface area (Å²) in [6, 6.07) is 0. The van der Waals surface area contributed by atoms with Crippen LogP contribution in [0.25, 0.3) is 0 Å². The Morgan fingerprint density at radius 1 is 1.29 bits per heavy atom. The van der Waals surface area contributed by atoms with Gasteiger partial charge in [-0.1, -0.05) is 0 Å². The molecule has 9 heteroatoms. The second-order valence-corrected chi connectivity index (χ2v) is 5.38. The Labute approximate surface area is 98.8 Å². The zero-order chi connectivity index (χ0) is 13.5. The predicted octanol–water partition coefficient (Wildman–Crippen LogP) is 0.477. The molecule has 0 spiro atoms. The zero-order valence-electron chi connectivity index (χ0n) is 9.50. The third-order valence-electron chi connectivity index (χ3n) is 1.96. The Balaban J connectivity index is 3.93. The maximum Gasteiger partial charge on any atom is 0.389 e. The van der Waals surface area contributed by atoms with E-state index in [4.69, 9.17) is 5.11 Å². The zero-order valence-corrected chi connectivity index (χ0v) is 10.3. The lowest BCUT2D eigenvalue weighted by atomic mass is 10.3. The van der Waals surface area contributed by atoms with Crippen LogP contribution in [0.1, 0.15) is 19.3 Å². The van der Waals surface area contributed by atoms with Gasteiger partial charge in [0.2, 0.25) is 0 Å². The lowest BCUT2D eigenvalue weighted by molar-refractivity contribution is -0.135. The molecule has 0 aliphatic heterocycles. The van der Waals surface area contributed by atoms with Crippen LogP contribution in [0.15, 0.2) is 0 Å². The van der Waals surface area contributed by atoms with E-state index in [2.05, 4.69) is 4.72 Å². The van der Waals surface area contributed by atoms with Crippen LogP contribution in [0.3, 0.4) is 0 Å². The topological polar surface area (TPSA) is 69.6 Å². The van der Waals surface area contributed by atoms with Crippen molar-refractivity contribution in [3.8, 4) is 0 Å². The van der Waals surface area contributed by atoms with Crippen molar-refractivity contribution in [2.24, 2.45) is 0 Å². The van der Waals surface area contributed by atoms with Gasteiger partial charge in [-0.15, -0.1) is 0 Å². The summed E-state index contributed by atoms with van der Waals surface area (Å²) in [5, 5.41) is 8.52. The van der Waals surface area contributed by atoms with E-state index < -0.39 is 22.8 Å². The standard InChI is InChI=1S/C8H17F3N2O3S/c1-13(6-3-7-14)17(15,16)12-5-2-4-8(9,10)11/h12,14H,2-7H2,1H3. The first-order valence-corrected chi connectivity index (χ1v) is 6.51. The Hall–Kier alpha value is -0.380. The van der Waals surface area contributed by atoms with Gasteiger partial charge >= 0.3 is 6.18 Å². The molecule has 0 atom stereocenters. The van der Waals surface area contributed by atoms with E-state index in [1.807, 2.05) is 0 Å². The van der Waals surface area contributed by atoms with Crippen LogP contribution in [-0.2, 0) is 10.2 Å². The molecule has 0 bridgehead atoms. The summed E-state index contributed by atoms with van der Waals surface area (Å²) >= 11 is 0. The smallest absolute Gasteiger partial charge is 0.389 e. The summed E-state index contributed by atoms with van der Waals surface area (Å²) in [5.41, 5.74) is 0. The second kappa shape index (κ2) is 7.14. The van der Waals surface area contributed by atoms with Crippen LogP contribution in [0.5, 0.6) is 0 Å². The molecule has 0 aliphatic rings. The molecule has 2 N–H and O–H groups in total. The highest BCUT2D eigenvalue weighted by Gasteiger charge is 2.26. The first-order valence-electron chi connectivity index (χ1n) is 5.07. The van der Waals surface area contributed by atoms with Gasteiger partial charge in [-0.2, -0.15) is 25.9 Å². The van der Waals surface area contributed by atoms with Crippen LogP contribution >= 0.6 is 0 Å². The Morgan fingerprint density at radius 3 is 2.35 bits per heavy atom. The molecule has 0 amide bonds. The second-order valence-electron chi connectivity index (χ2n) is 3.52. The van der Waals surface area contributed by atoms with Crippen molar-refractivity contribution in [3.63, 3.8) is 0 Å². The van der Waals surface area contributed by atoms with E-state index in [1.165, 1.54) is 7.05 Å². The number of hydrogen-bond donors (Lipinski definition) is 2. The molecule has 0 unspecified atom stereocenters. The number of halogens is 3. The van der Waals surface area contributed by atoms with Crippen LogP contribution in [-0.4, -0.2) is 50.7 Å². The van der Waals surface area contributed by atoms with Gasteiger partial charge in [0.05, 0.1) is 0 Å². The molecule has 0 fully saturated rings. The van der Waals surface area contributed by atoms with Crippen LogP contribution in [0, 0.1) is 0 Å². The minimum absolute atomic E-state index is 0.116. The molecule has 104 valence electrons. The van der Waals surface area contributed by atoms with Gasteiger partial charge in [-0.3, -0.25) is 0 Å². The number of aliphatic hydroxyl groups excluding tert-OH is 1. The number of hydrogen-bond acceptors (Lipinski definition) is 3. The molecule has 0 radical (unpaired) electrons. The van der Waals surface area contributed by atoms with Gasteiger partial charge in [0.1, 0.15) is 0 Å². The monoisotopic (exact) mass is 278 g/mol. The minimum atomic E-state index is -4.27. The van der Waals surface area contributed by atoms with Crippen molar-refractivity contribution < 1.29 is 26.7 Å². The number of aliphatic hydroxyl groups is 1. The Kier molecular flexibility index (Phi) is 6.98. The van der Waals surface area contributed by atoms with Gasteiger partial charge in [-0.25, -0.2) is 4.72 Å². The summed E-state index contributed by atoms with van der Waals surface area (Å²) in [6.07, 6.45) is -5.30. The predicted molar refractivity (Wildman–Crippen MR) is 56.5 cm³/mol. The van der Waals surface area contributed by atoms with Gasteiger partial charge in [-0.05, 0) is 12.8 Å². The average molecular weight is 278 g/mol. The van der Waals surface area contributed by atoms with E-state index >= 15 is 0 Å². The quantitative estimate of drug-likeness (QED) is 0.634. The molecule has 0 saturated heterocycles. The SMILES string of the molecule is CN(CCCO)S(=O)(=O)NCCCC(F)(F)F. The first-order chi connectivity index (χ1) is 7.69. The van der Waals surface area contributed by atoms with Crippen LogP contribution in [0.4, 0.5) is 13.2 Å². The molecular formula is C8H17F3N2O3S. The highest BCUT2D eigenvalue weighted by atomic mass is 32.2. The fraction of sp³-hybridized carbons (Fsp3) is 1.00. The molecule has 5 nitrogen and oxygen atoms in total. The van der Waals surface area contributed by atoms with E-state index in [0.29, 0.717) is 0 Å². The van der Waals surface area contributed by atoms with Crippen molar-refractivity contribution >= 4 is 10.2 Å². The van der Waals surface area contributed by atoms with Gasteiger partial charge in [0.15, 0.2) is 0 Å². The molecule has 0 saturated carbocycles. The molecule has 0 aromatic heterocycles. The summed E-state index contributed by atoms with van der Waals surface area (Å²) in [6.45, 7) is -0.287. The van der Waals surface area contributed by atoms with Gasteiger partial charge < -0.3 is 5.11 Å². The fourth-order valence-corrected chi connectivity index (χ4v) is 2.01. The number of nitrogens with zero attached hydrogens (tertiary/aromatic N) is 1. The minimum Gasteiger partial charge on any atom is -0.396 e. The fourth-order valence-electron chi connectivity index (χ4n) is 1.01. The lowest BCUT2D eigenvalue weighted by Crippen LogP contribution is -2.39. The maximum atomic E-state index is 11.8. The highest BCUT2D eigenvalue weighted by molar-refractivity contribution is 7.87. The third kappa shape index (κ3) is 8.36.